The predicted octanol–water partition coefficient (Wildman–Crippen LogP) is -1.60. The molecule has 2 aliphatic rings. The first kappa shape index (κ1) is 64.0. The summed E-state index contributed by atoms with van der Waals surface area (Å²) < 4.78 is 68.0. The Balaban J connectivity index is 1.18. The number of benzene rings is 1. The van der Waals surface area contributed by atoms with E-state index in [9.17, 15) is 80.2 Å². The number of nitrogens with zero attached hydrogens (tertiary/aromatic N) is 4. The van der Waals surface area contributed by atoms with Gasteiger partial charge in [-0.15, -0.1) is 0 Å². The third-order valence-corrected chi connectivity index (χ3v) is 15.2. The number of anilines is 1. The maximum Gasteiger partial charge on any atom is 0.323 e. The first-order valence-corrected chi connectivity index (χ1v) is 28.5. The van der Waals surface area contributed by atoms with E-state index >= 15 is 0 Å². The van der Waals surface area contributed by atoms with Crippen LogP contribution in [0, 0.1) is 13.8 Å². The van der Waals surface area contributed by atoms with Crippen LogP contribution in [0.4, 0.5) is 5.82 Å². The van der Waals surface area contributed by atoms with Crippen molar-refractivity contribution in [3.63, 3.8) is 0 Å². The van der Waals surface area contributed by atoms with Crippen molar-refractivity contribution < 1.29 is 84.9 Å². The van der Waals surface area contributed by atoms with Crippen LogP contribution < -0.4 is 36.0 Å². The zero-order chi connectivity index (χ0) is 57.6. The number of fused-ring (bicyclic) bond motifs is 1. The summed E-state index contributed by atoms with van der Waals surface area (Å²) >= 11 is 0. The molecule has 2 aromatic rings. The van der Waals surface area contributed by atoms with Crippen molar-refractivity contribution in [2.75, 3.05) is 96.2 Å². The number of aliphatic carboxylic acids is 4. The second-order valence-corrected chi connectivity index (χ2v) is 22.1. The molecular formula is C48H72N10O18S2. The standard InChI is InChI=1S/C48H72N10O18S2/c1-31-25-35(26-32(2)44(31)78(74,75)55-36(47(67)68)27-52-40(60)9-4-3-8-34-12-11-33-7-5-15-50-45(33)53-34)76-24-6-10-39(59)49-16-17-51-46(66)37(30-77(71,72)73)54-41(61)14-13-38(48(69)70)58-22-20-56(28-42(62)63)18-19-57(21-23-58)29-43(64)65/h11-12,25-26,36-38,55H,3-10,13-24,27-30H2,1-2H3,(H,49,59)(H,50,53)(H,51,66)(H,52,60)(H,54,61)(H,62,63)(H,64,65)(H,67,68)(H,69,70)(H,71,72,73)/t36-,37-,38+/m0/s1. The highest BCUT2D eigenvalue weighted by atomic mass is 32.2. The second kappa shape index (κ2) is 31.1. The number of carbonyl (C=O) groups excluding carboxylic acids is 4. The van der Waals surface area contributed by atoms with E-state index in [1.54, 1.807) is 0 Å². The van der Waals surface area contributed by atoms with Gasteiger partial charge in [0.2, 0.25) is 33.7 Å². The third-order valence-electron chi connectivity index (χ3n) is 12.7. The number of rotatable bonds is 32. The molecule has 4 rings (SSSR count). The number of ether oxygens (including phenoxy) is 1. The predicted molar refractivity (Wildman–Crippen MR) is 279 cm³/mol. The van der Waals surface area contributed by atoms with Crippen LogP contribution >= 0.6 is 0 Å². The Kier molecular flexibility index (Phi) is 25.5. The topological polar surface area (TPSA) is 410 Å². The summed E-state index contributed by atoms with van der Waals surface area (Å²) in [6, 6.07) is 2.07. The number of nitrogens with one attached hydrogen (secondary N) is 6. The minimum atomic E-state index is -4.84. The molecule has 0 aliphatic carbocycles. The molecule has 1 saturated heterocycles. The van der Waals surface area contributed by atoms with Gasteiger partial charge in [-0.3, -0.25) is 57.6 Å². The molecule has 4 amide bonds. The fourth-order valence-electron chi connectivity index (χ4n) is 8.83. The average molecular weight is 1140 g/mol. The molecule has 3 heterocycles. The van der Waals surface area contributed by atoms with E-state index in [1.807, 2.05) is 6.07 Å². The number of amides is 4. The summed E-state index contributed by atoms with van der Waals surface area (Å²) in [6.45, 7) is 2.96. The first-order valence-electron chi connectivity index (χ1n) is 25.4. The molecule has 78 heavy (non-hydrogen) atoms. The van der Waals surface area contributed by atoms with Crippen LogP contribution in [0.5, 0.6) is 5.75 Å². The highest BCUT2D eigenvalue weighted by molar-refractivity contribution is 7.89. The zero-order valence-corrected chi connectivity index (χ0v) is 45.3. The van der Waals surface area contributed by atoms with Gasteiger partial charge in [-0.2, -0.15) is 13.1 Å². The van der Waals surface area contributed by atoms with Crippen LogP contribution in [0.1, 0.15) is 73.8 Å². The lowest BCUT2D eigenvalue weighted by Gasteiger charge is -2.30. The van der Waals surface area contributed by atoms with E-state index in [0.29, 0.717) is 19.3 Å². The number of carbonyl (C=O) groups is 8. The molecule has 11 N–H and O–H groups in total. The molecular weight excluding hydrogens is 1070 g/mol. The molecule has 0 spiro atoms. The highest BCUT2D eigenvalue weighted by Crippen LogP contribution is 2.27. The van der Waals surface area contributed by atoms with Crippen molar-refractivity contribution in [2.45, 2.75) is 101 Å². The number of aromatic nitrogens is 1. The largest absolute Gasteiger partial charge is 0.494 e. The normalized spacial score (nSPS) is 15.8. The number of carboxylic acid groups (broad SMARTS) is 4. The molecule has 1 aromatic heterocycles. The SMILES string of the molecule is Cc1cc(OCCCC(=O)NCCNC(=O)[C@H](CS(=O)(=O)O)NC(=O)CC[C@H](C(=O)O)N2CCN(CC(=O)O)CCN(CC(=O)O)CC2)cc(C)c1S(=O)(=O)N[C@@H](CNC(=O)CCCCc1ccc2c(n1)NCCC2)C(=O)O. The van der Waals surface area contributed by atoms with Crippen LogP contribution in [-0.4, -0.2) is 218 Å². The zero-order valence-electron chi connectivity index (χ0n) is 43.7. The lowest BCUT2D eigenvalue weighted by molar-refractivity contribution is -0.145. The molecule has 0 radical (unpaired) electrons. The minimum absolute atomic E-state index is 0.00953. The van der Waals surface area contributed by atoms with Gasteiger partial charge < -0.3 is 51.7 Å². The summed E-state index contributed by atoms with van der Waals surface area (Å²) in [7, 11) is -9.26. The molecule has 1 aromatic carbocycles. The van der Waals surface area contributed by atoms with Gasteiger partial charge in [0.15, 0.2) is 0 Å². The quantitative estimate of drug-likeness (QED) is 0.0290. The van der Waals surface area contributed by atoms with Crippen molar-refractivity contribution in [1.29, 1.82) is 0 Å². The number of hydrogen-bond donors (Lipinski definition) is 11. The van der Waals surface area contributed by atoms with Crippen molar-refractivity contribution >= 4 is 73.5 Å². The Labute approximate surface area is 452 Å². The molecule has 2 aliphatic heterocycles. The van der Waals surface area contributed by atoms with E-state index in [0.717, 1.165) is 30.9 Å². The van der Waals surface area contributed by atoms with Gasteiger partial charge in [0.1, 0.15) is 35.4 Å². The summed E-state index contributed by atoms with van der Waals surface area (Å²) in [5.41, 5.74) is 2.54. The maximum absolute atomic E-state index is 13.5. The highest BCUT2D eigenvalue weighted by Gasteiger charge is 2.32. The summed E-state index contributed by atoms with van der Waals surface area (Å²) in [5, 5.41) is 51.5. The number of unbranched alkanes of at least 4 members (excludes halogenated alkanes) is 1. The van der Waals surface area contributed by atoms with Crippen LogP contribution in [0.25, 0.3) is 0 Å². The molecule has 0 saturated carbocycles. The molecule has 434 valence electrons. The van der Waals surface area contributed by atoms with Crippen LogP contribution in [0.15, 0.2) is 29.2 Å². The lowest BCUT2D eigenvalue weighted by atomic mass is 10.1. The van der Waals surface area contributed by atoms with Gasteiger partial charge in [-0.25, -0.2) is 13.4 Å². The number of sulfonamides is 1. The van der Waals surface area contributed by atoms with Crippen molar-refractivity contribution in [1.82, 2.24) is 45.7 Å². The van der Waals surface area contributed by atoms with Crippen molar-refractivity contribution in [2.24, 2.45) is 0 Å². The minimum Gasteiger partial charge on any atom is -0.494 e. The molecule has 1 fully saturated rings. The van der Waals surface area contributed by atoms with E-state index in [2.05, 4.69) is 42.4 Å². The molecule has 30 heteroatoms. The molecule has 3 atom stereocenters. The number of aryl methyl sites for hydroxylation is 4. The second-order valence-electron chi connectivity index (χ2n) is 19.0. The van der Waals surface area contributed by atoms with E-state index in [1.165, 1.54) is 46.2 Å². The Morgan fingerprint density at radius 3 is 1.94 bits per heavy atom. The fourth-order valence-corrected chi connectivity index (χ4v) is 11.1. The first-order chi connectivity index (χ1) is 36.8. The number of pyridine rings is 1. The average Bonchev–Trinajstić information content (AvgIpc) is 3.44. The molecule has 0 unspecified atom stereocenters. The number of hydrogen-bond acceptors (Lipinski definition) is 18. The monoisotopic (exact) mass is 1140 g/mol. The van der Waals surface area contributed by atoms with E-state index in [-0.39, 0.29) is 120 Å². The summed E-state index contributed by atoms with van der Waals surface area (Å²) in [4.78, 5) is 107. The van der Waals surface area contributed by atoms with Gasteiger partial charge in [0.25, 0.3) is 10.1 Å². The maximum atomic E-state index is 13.5. The Morgan fingerprint density at radius 2 is 1.33 bits per heavy atom. The van der Waals surface area contributed by atoms with Gasteiger partial charge in [-0.05, 0) is 93.7 Å². The van der Waals surface area contributed by atoms with Crippen molar-refractivity contribution in [3.05, 3.63) is 46.6 Å². The summed E-state index contributed by atoms with van der Waals surface area (Å²) in [6.07, 6.45) is 3.22. The number of carboxylic acids is 4. The van der Waals surface area contributed by atoms with Gasteiger partial charge in [0.05, 0.1) is 24.6 Å². The fraction of sp³-hybridized carbons (Fsp3) is 0.604. The Bertz CT molecular complexity index is 2630. The van der Waals surface area contributed by atoms with Crippen molar-refractivity contribution in [3.8, 4) is 5.75 Å². The Hall–Kier alpha value is -6.57. The molecule has 0 bridgehead atoms. The lowest BCUT2D eigenvalue weighted by Crippen LogP contribution is -2.52. The van der Waals surface area contributed by atoms with Crippen LogP contribution in [-0.2, 0) is 71.3 Å². The van der Waals surface area contributed by atoms with Crippen LogP contribution in [0.2, 0.25) is 0 Å². The van der Waals surface area contributed by atoms with Crippen LogP contribution in [0.3, 0.4) is 0 Å². The third kappa shape index (κ3) is 22.8. The molecule has 28 nitrogen and oxygen atoms in total. The van der Waals surface area contributed by atoms with Gasteiger partial charge in [-0.1, -0.05) is 6.07 Å². The van der Waals surface area contributed by atoms with E-state index < -0.39 is 104 Å². The summed E-state index contributed by atoms with van der Waals surface area (Å²) in [5.74, 6) is -8.08. The smallest absolute Gasteiger partial charge is 0.323 e. The van der Waals surface area contributed by atoms with Gasteiger partial charge in [0, 0.05) is 90.4 Å². The van der Waals surface area contributed by atoms with E-state index in [4.69, 9.17) is 4.74 Å². The Morgan fingerprint density at radius 1 is 0.731 bits per heavy atom. The van der Waals surface area contributed by atoms with Gasteiger partial charge >= 0.3 is 23.9 Å².